The van der Waals surface area contributed by atoms with Gasteiger partial charge in [0.05, 0.1) is 5.51 Å². The zero-order chi connectivity index (χ0) is 17.5. The minimum absolute atomic E-state index is 0.0524. The number of thiazole rings is 1. The Morgan fingerprint density at radius 3 is 2.33 bits per heavy atom. The first-order valence-electron chi connectivity index (χ1n) is 6.64. The number of hydrogen-bond acceptors (Lipinski definition) is 3. The van der Waals surface area contributed by atoms with Crippen molar-refractivity contribution in [2.24, 2.45) is 0 Å². The van der Waals surface area contributed by atoms with Crippen LogP contribution in [0.1, 0.15) is 20.9 Å². The van der Waals surface area contributed by atoms with Crippen LogP contribution in [-0.4, -0.2) is 16.9 Å². The van der Waals surface area contributed by atoms with Gasteiger partial charge in [-0.3, -0.25) is 4.79 Å². The number of benzene rings is 2. The minimum atomic E-state index is -5.82. The summed E-state index contributed by atoms with van der Waals surface area (Å²) in [6, 6.07) is 11.3. The maximum absolute atomic E-state index is 13.6. The number of carbonyl (C=O) groups excluding carboxylic acids is 1. The van der Waals surface area contributed by atoms with Crippen molar-refractivity contribution in [2.45, 2.75) is 12.1 Å². The Morgan fingerprint density at radius 1 is 0.958 bits per heavy atom. The van der Waals surface area contributed by atoms with E-state index in [1.54, 1.807) is 30.3 Å². The first kappa shape index (κ1) is 16.5. The molecule has 0 saturated carbocycles. The Kier molecular flexibility index (Phi) is 3.87. The number of alkyl halides is 5. The molecule has 1 aromatic heterocycles. The number of nitrogens with zero attached hydrogens (tertiary/aromatic N) is 1. The molecule has 8 heteroatoms. The van der Waals surface area contributed by atoms with Gasteiger partial charge >= 0.3 is 12.1 Å². The largest absolute Gasteiger partial charge is 0.459 e. The molecule has 2 nitrogen and oxygen atoms in total. The number of halogens is 5. The molecule has 0 unspecified atom stereocenters. The summed E-state index contributed by atoms with van der Waals surface area (Å²) in [4.78, 5) is 15.0. The Hall–Kier alpha value is -2.35. The van der Waals surface area contributed by atoms with Crippen LogP contribution in [0.2, 0.25) is 0 Å². The van der Waals surface area contributed by atoms with Crippen molar-refractivity contribution in [1.82, 2.24) is 4.98 Å². The summed E-state index contributed by atoms with van der Waals surface area (Å²) >= 11 is 0.463. The molecule has 3 rings (SSSR count). The Labute approximate surface area is 136 Å². The highest BCUT2D eigenvalue weighted by Gasteiger charge is 2.61. The molecule has 2 aromatic carbocycles. The molecule has 24 heavy (non-hydrogen) atoms. The van der Waals surface area contributed by atoms with Gasteiger partial charge in [-0.25, -0.2) is 4.98 Å². The second-order valence-corrected chi connectivity index (χ2v) is 5.81. The van der Waals surface area contributed by atoms with Crippen LogP contribution in [0, 0.1) is 0 Å². The van der Waals surface area contributed by atoms with E-state index in [0.717, 1.165) is 5.51 Å². The van der Waals surface area contributed by atoms with E-state index in [2.05, 4.69) is 4.98 Å². The van der Waals surface area contributed by atoms with Crippen LogP contribution < -0.4 is 0 Å². The van der Waals surface area contributed by atoms with E-state index in [4.69, 9.17) is 0 Å². The fourth-order valence-electron chi connectivity index (χ4n) is 2.31. The summed E-state index contributed by atoms with van der Waals surface area (Å²) in [6.45, 7) is 0. The molecule has 0 aliphatic heterocycles. The van der Waals surface area contributed by atoms with Gasteiger partial charge in [0.15, 0.2) is 0 Å². The lowest BCUT2D eigenvalue weighted by Gasteiger charge is -2.18. The minimum Gasteiger partial charge on any atom is -0.288 e. The summed E-state index contributed by atoms with van der Waals surface area (Å²) < 4.78 is 65.0. The monoisotopic (exact) mass is 357 g/mol. The molecular weight excluding hydrogens is 349 g/mol. The number of rotatable bonds is 3. The van der Waals surface area contributed by atoms with Crippen LogP contribution in [0.15, 0.2) is 48.0 Å². The zero-order valence-electron chi connectivity index (χ0n) is 11.8. The third-order valence-electron chi connectivity index (χ3n) is 3.46. The second kappa shape index (κ2) is 5.62. The van der Waals surface area contributed by atoms with Gasteiger partial charge in [-0.15, -0.1) is 11.3 Å². The van der Waals surface area contributed by atoms with E-state index in [1.807, 2.05) is 0 Å². The van der Waals surface area contributed by atoms with Gasteiger partial charge < -0.3 is 0 Å². The van der Waals surface area contributed by atoms with Crippen molar-refractivity contribution < 1.29 is 26.7 Å². The average molecular weight is 357 g/mol. The molecule has 0 saturated heterocycles. The Balaban J connectivity index is 2.14. The summed E-state index contributed by atoms with van der Waals surface area (Å²) in [5.74, 6) is -6.10. The van der Waals surface area contributed by atoms with Gasteiger partial charge in [-0.2, -0.15) is 22.0 Å². The van der Waals surface area contributed by atoms with Gasteiger partial charge in [0, 0.05) is 5.56 Å². The number of carbonyl (C=O) groups is 1. The molecular formula is C16H8F5NOS. The zero-order valence-corrected chi connectivity index (χ0v) is 12.6. The molecule has 0 spiro atoms. The molecule has 0 aliphatic carbocycles. The fraction of sp³-hybridized carbons (Fsp3) is 0.125. The van der Waals surface area contributed by atoms with Crippen LogP contribution >= 0.6 is 11.3 Å². The Morgan fingerprint density at radius 2 is 1.62 bits per heavy atom. The summed E-state index contributed by atoms with van der Waals surface area (Å²) in [5.41, 5.74) is -0.692. The van der Waals surface area contributed by atoms with Crippen molar-refractivity contribution in [3.05, 3.63) is 64.1 Å². The normalized spacial score (nSPS) is 12.5. The maximum Gasteiger partial charge on any atom is 0.459 e. The third kappa shape index (κ3) is 2.56. The van der Waals surface area contributed by atoms with Gasteiger partial charge in [-0.1, -0.05) is 42.5 Å². The lowest BCUT2D eigenvalue weighted by Crippen LogP contribution is -2.35. The van der Waals surface area contributed by atoms with Crippen LogP contribution in [0.4, 0.5) is 22.0 Å². The van der Waals surface area contributed by atoms with Crippen LogP contribution in [0.25, 0.3) is 10.8 Å². The first-order chi connectivity index (χ1) is 11.2. The second-order valence-electron chi connectivity index (χ2n) is 4.96. The van der Waals surface area contributed by atoms with Crippen molar-refractivity contribution in [3.63, 3.8) is 0 Å². The molecule has 0 aliphatic rings. The molecule has 0 bridgehead atoms. The quantitative estimate of drug-likeness (QED) is 0.477. The molecule has 124 valence electrons. The number of fused-ring (bicyclic) bond motifs is 1. The van der Waals surface area contributed by atoms with Crippen molar-refractivity contribution in [3.8, 4) is 0 Å². The SMILES string of the molecule is O=C(c1scnc1C(F)(F)C(F)(F)F)c1cccc2ccccc12. The van der Waals surface area contributed by atoms with E-state index in [0.29, 0.717) is 22.1 Å². The number of ketones is 1. The smallest absolute Gasteiger partial charge is 0.288 e. The van der Waals surface area contributed by atoms with E-state index in [1.165, 1.54) is 12.1 Å². The highest BCUT2D eigenvalue weighted by molar-refractivity contribution is 7.12. The van der Waals surface area contributed by atoms with Crippen LogP contribution in [0.3, 0.4) is 0 Å². The average Bonchev–Trinajstić information content (AvgIpc) is 3.03. The fourth-order valence-corrected chi connectivity index (χ4v) is 3.08. The third-order valence-corrected chi connectivity index (χ3v) is 4.29. The van der Waals surface area contributed by atoms with E-state index >= 15 is 0 Å². The molecule has 0 N–H and O–H groups in total. The predicted octanol–water partition coefficient (Wildman–Crippen LogP) is 5.18. The lowest BCUT2D eigenvalue weighted by atomic mass is 9.99. The lowest BCUT2D eigenvalue weighted by molar-refractivity contribution is -0.290. The molecule has 0 atom stereocenters. The van der Waals surface area contributed by atoms with E-state index in [9.17, 15) is 26.7 Å². The van der Waals surface area contributed by atoms with Gasteiger partial charge in [0.2, 0.25) is 5.78 Å². The summed E-state index contributed by atoms with van der Waals surface area (Å²) in [7, 11) is 0. The van der Waals surface area contributed by atoms with Gasteiger partial charge in [0.25, 0.3) is 0 Å². The molecule has 1 heterocycles. The highest BCUT2D eigenvalue weighted by Crippen LogP contribution is 2.45. The Bertz CT molecular complexity index is 911. The number of hydrogen-bond donors (Lipinski definition) is 0. The topological polar surface area (TPSA) is 30.0 Å². The van der Waals surface area contributed by atoms with Crippen LogP contribution in [-0.2, 0) is 5.92 Å². The van der Waals surface area contributed by atoms with Crippen molar-refractivity contribution in [1.29, 1.82) is 0 Å². The number of aromatic nitrogens is 1. The maximum atomic E-state index is 13.6. The molecule has 0 amide bonds. The van der Waals surface area contributed by atoms with E-state index in [-0.39, 0.29) is 5.56 Å². The van der Waals surface area contributed by atoms with Crippen molar-refractivity contribution >= 4 is 27.9 Å². The van der Waals surface area contributed by atoms with E-state index < -0.39 is 28.5 Å². The summed E-state index contributed by atoms with van der Waals surface area (Å²) in [5, 5.41) is 1.15. The van der Waals surface area contributed by atoms with Crippen molar-refractivity contribution in [2.75, 3.05) is 0 Å². The molecule has 0 fully saturated rings. The first-order valence-corrected chi connectivity index (χ1v) is 7.52. The standard InChI is InChI=1S/C16H8F5NOS/c17-15(18,16(19,20)21)14-13(24-8-22-14)12(23)11-7-3-5-9-4-1-2-6-10(9)11/h1-8H. The van der Waals surface area contributed by atoms with Gasteiger partial charge in [0.1, 0.15) is 10.6 Å². The molecule has 0 radical (unpaired) electrons. The van der Waals surface area contributed by atoms with Crippen LogP contribution in [0.5, 0.6) is 0 Å². The predicted molar refractivity (Wildman–Crippen MR) is 79.4 cm³/mol. The molecule has 3 aromatic rings. The van der Waals surface area contributed by atoms with Gasteiger partial charge in [-0.05, 0) is 10.8 Å². The summed E-state index contributed by atoms with van der Waals surface area (Å²) in [6.07, 6.45) is -5.82. The highest BCUT2D eigenvalue weighted by atomic mass is 32.1.